The second-order valence-corrected chi connectivity index (χ2v) is 4.67. The van der Waals surface area contributed by atoms with Gasteiger partial charge in [-0.15, -0.1) is 0 Å². The number of nitrogens with one attached hydrogen (secondary N) is 1. The van der Waals surface area contributed by atoms with Gasteiger partial charge < -0.3 is 15.8 Å². The summed E-state index contributed by atoms with van der Waals surface area (Å²) >= 11 is 4.85. The molecule has 0 aromatic carbocycles. The lowest BCUT2D eigenvalue weighted by molar-refractivity contribution is 0.0699. The predicted octanol–water partition coefficient (Wildman–Crippen LogP) is 1.55. The first-order valence-corrected chi connectivity index (χ1v) is 6.24. The van der Waals surface area contributed by atoms with E-state index in [9.17, 15) is 0 Å². The van der Waals surface area contributed by atoms with E-state index in [1.807, 2.05) is 12.1 Å². The quantitative estimate of drug-likeness (QED) is 0.795. The lowest BCUT2D eigenvalue weighted by Gasteiger charge is -2.22. The summed E-state index contributed by atoms with van der Waals surface area (Å²) in [4.78, 5) is 4.52. The fraction of sp³-hybridized carbons (Fsp3) is 0.500. The van der Waals surface area contributed by atoms with Gasteiger partial charge in [0.1, 0.15) is 4.99 Å². The van der Waals surface area contributed by atoms with Crippen molar-refractivity contribution >= 4 is 22.9 Å². The molecule has 0 aliphatic carbocycles. The van der Waals surface area contributed by atoms with Gasteiger partial charge in [0.15, 0.2) is 0 Å². The van der Waals surface area contributed by atoms with Gasteiger partial charge in [0.2, 0.25) is 0 Å². The minimum absolute atomic E-state index is 0.334. The fourth-order valence-corrected chi connectivity index (χ4v) is 1.98. The number of hydrogen-bond donors (Lipinski definition) is 2. The Labute approximate surface area is 107 Å². The molecule has 1 aliphatic rings. The summed E-state index contributed by atoms with van der Waals surface area (Å²) in [6.45, 7) is 2.73. The summed E-state index contributed by atoms with van der Waals surface area (Å²) in [7, 11) is 0. The van der Waals surface area contributed by atoms with E-state index >= 15 is 0 Å². The van der Waals surface area contributed by atoms with E-state index in [2.05, 4.69) is 10.3 Å². The van der Waals surface area contributed by atoms with Gasteiger partial charge in [0.25, 0.3) is 0 Å². The summed E-state index contributed by atoms with van der Waals surface area (Å²) < 4.78 is 5.33. The topological polar surface area (TPSA) is 60.2 Å². The number of anilines is 1. The molecule has 0 bridgehead atoms. The number of ether oxygens (including phenoxy) is 1. The molecule has 3 N–H and O–H groups in total. The van der Waals surface area contributed by atoms with Crippen molar-refractivity contribution in [2.45, 2.75) is 12.8 Å². The van der Waals surface area contributed by atoms with Crippen LogP contribution in [0.4, 0.5) is 5.69 Å². The lowest BCUT2D eigenvalue weighted by Crippen LogP contribution is -2.22. The van der Waals surface area contributed by atoms with Crippen molar-refractivity contribution in [3.8, 4) is 0 Å². The van der Waals surface area contributed by atoms with Crippen LogP contribution < -0.4 is 11.1 Å². The van der Waals surface area contributed by atoms with Crippen molar-refractivity contribution in [1.82, 2.24) is 4.98 Å². The van der Waals surface area contributed by atoms with Gasteiger partial charge in [-0.05, 0) is 30.9 Å². The predicted molar refractivity (Wildman–Crippen MR) is 72.2 cm³/mol. The van der Waals surface area contributed by atoms with Crippen LogP contribution in [-0.4, -0.2) is 29.7 Å². The summed E-state index contributed by atoms with van der Waals surface area (Å²) in [6.07, 6.45) is 4.03. The van der Waals surface area contributed by atoms with Crippen LogP contribution in [-0.2, 0) is 4.74 Å². The molecule has 4 nitrogen and oxygen atoms in total. The van der Waals surface area contributed by atoms with Gasteiger partial charge in [-0.3, -0.25) is 4.98 Å². The maximum Gasteiger partial charge on any atom is 0.122 e. The number of hydrogen-bond acceptors (Lipinski definition) is 4. The molecule has 0 atom stereocenters. The van der Waals surface area contributed by atoms with Gasteiger partial charge in [-0.2, -0.15) is 0 Å². The third kappa shape index (κ3) is 3.64. The smallest absolute Gasteiger partial charge is 0.122 e. The highest BCUT2D eigenvalue weighted by molar-refractivity contribution is 7.80. The molecule has 1 aliphatic heterocycles. The zero-order valence-corrected chi connectivity index (χ0v) is 10.5. The molecule has 1 aromatic heterocycles. The van der Waals surface area contributed by atoms with Gasteiger partial charge in [-0.25, -0.2) is 0 Å². The maximum atomic E-state index is 5.49. The number of pyridine rings is 1. The SMILES string of the molecule is NC(=S)c1ccc(NCC2CCOCC2)cn1. The van der Waals surface area contributed by atoms with Crippen LogP contribution in [0.1, 0.15) is 18.5 Å². The molecule has 1 saturated heterocycles. The fourth-order valence-electron chi connectivity index (χ4n) is 1.86. The number of nitrogens with zero attached hydrogens (tertiary/aromatic N) is 1. The molecule has 0 unspecified atom stereocenters. The second kappa shape index (κ2) is 5.93. The summed E-state index contributed by atoms with van der Waals surface area (Å²) in [6, 6.07) is 3.80. The average Bonchev–Trinajstić information content (AvgIpc) is 2.38. The standard InChI is InChI=1S/C12H17N3OS/c13-12(17)11-2-1-10(8-15-11)14-7-9-3-5-16-6-4-9/h1-2,8-9,14H,3-7H2,(H2,13,17). The number of nitrogens with two attached hydrogens (primary N) is 1. The minimum atomic E-state index is 0.334. The molecular formula is C12H17N3OS. The molecule has 17 heavy (non-hydrogen) atoms. The first-order valence-electron chi connectivity index (χ1n) is 5.83. The molecule has 2 rings (SSSR count). The van der Waals surface area contributed by atoms with Crippen LogP contribution in [0.15, 0.2) is 18.3 Å². The zero-order valence-electron chi connectivity index (χ0n) is 9.69. The number of rotatable bonds is 4. The van der Waals surface area contributed by atoms with Crippen LogP contribution in [0.25, 0.3) is 0 Å². The molecule has 1 fully saturated rings. The highest BCUT2D eigenvalue weighted by Crippen LogP contribution is 2.15. The maximum absolute atomic E-state index is 5.49. The highest BCUT2D eigenvalue weighted by atomic mass is 32.1. The van der Waals surface area contributed by atoms with E-state index in [0.29, 0.717) is 16.6 Å². The van der Waals surface area contributed by atoms with Crippen LogP contribution in [0.2, 0.25) is 0 Å². The zero-order chi connectivity index (χ0) is 12.1. The molecule has 0 spiro atoms. The average molecular weight is 251 g/mol. The third-order valence-electron chi connectivity index (χ3n) is 2.95. The molecule has 0 saturated carbocycles. The van der Waals surface area contributed by atoms with Crippen molar-refractivity contribution in [3.05, 3.63) is 24.0 Å². The molecular weight excluding hydrogens is 234 g/mol. The van der Waals surface area contributed by atoms with Gasteiger partial charge in [0.05, 0.1) is 17.6 Å². The van der Waals surface area contributed by atoms with Gasteiger partial charge >= 0.3 is 0 Å². The van der Waals surface area contributed by atoms with Crippen LogP contribution in [0.5, 0.6) is 0 Å². The third-order valence-corrected chi connectivity index (χ3v) is 3.16. The Morgan fingerprint density at radius 1 is 1.47 bits per heavy atom. The van der Waals surface area contributed by atoms with Crippen LogP contribution in [0.3, 0.4) is 0 Å². The van der Waals surface area contributed by atoms with Gasteiger partial charge in [0, 0.05) is 19.8 Å². The molecule has 2 heterocycles. The van der Waals surface area contributed by atoms with Crippen molar-refractivity contribution in [2.24, 2.45) is 11.7 Å². The summed E-state index contributed by atoms with van der Waals surface area (Å²) in [5, 5.41) is 3.38. The molecule has 0 amide bonds. The largest absolute Gasteiger partial charge is 0.388 e. The van der Waals surface area contributed by atoms with Gasteiger partial charge in [-0.1, -0.05) is 12.2 Å². The Balaban J connectivity index is 1.84. The van der Waals surface area contributed by atoms with Crippen molar-refractivity contribution in [3.63, 3.8) is 0 Å². The highest BCUT2D eigenvalue weighted by Gasteiger charge is 2.13. The second-order valence-electron chi connectivity index (χ2n) is 4.23. The van der Waals surface area contributed by atoms with E-state index < -0.39 is 0 Å². The van der Waals surface area contributed by atoms with Crippen molar-refractivity contribution in [2.75, 3.05) is 25.1 Å². The Kier molecular flexibility index (Phi) is 4.28. The Bertz CT molecular complexity index is 374. The molecule has 5 heteroatoms. The van der Waals surface area contributed by atoms with E-state index in [1.165, 1.54) is 0 Å². The normalized spacial score (nSPS) is 16.7. The Hall–Kier alpha value is -1.20. The van der Waals surface area contributed by atoms with E-state index in [1.54, 1.807) is 6.20 Å². The molecule has 92 valence electrons. The molecule has 1 aromatic rings. The molecule has 0 radical (unpaired) electrons. The van der Waals surface area contributed by atoms with E-state index in [-0.39, 0.29) is 0 Å². The minimum Gasteiger partial charge on any atom is -0.388 e. The van der Waals surface area contributed by atoms with E-state index in [0.717, 1.165) is 38.3 Å². The lowest BCUT2D eigenvalue weighted by atomic mass is 10.0. The van der Waals surface area contributed by atoms with Crippen molar-refractivity contribution in [1.29, 1.82) is 0 Å². The Morgan fingerprint density at radius 3 is 2.82 bits per heavy atom. The summed E-state index contributed by atoms with van der Waals surface area (Å²) in [5.41, 5.74) is 7.16. The first-order chi connectivity index (χ1) is 8.25. The number of aromatic nitrogens is 1. The first kappa shape index (κ1) is 12.3. The number of thiocarbonyl (C=S) groups is 1. The van der Waals surface area contributed by atoms with Crippen molar-refractivity contribution < 1.29 is 4.74 Å². The van der Waals surface area contributed by atoms with E-state index in [4.69, 9.17) is 22.7 Å². The summed E-state index contributed by atoms with van der Waals surface area (Å²) in [5.74, 6) is 0.694. The van der Waals surface area contributed by atoms with Crippen LogP contribution >= 0.6 is 12.2 Å². The Morgan fingerprint density at radius 2 is 2.24 bits per heavy atom. The monoisotopic (exact) mass is 251 g/mol. The van der Waals surface area contributed by atoms with Crippen LogP contribution in [0, 0.1) is 5.92 Å².